The average Bonchev–Trinajstić information content (AvgIpc) is 2.39. The minimum Gasteiger partial charge on any atom is -0.319 e. The van der Waals surface area contributed by atoms with Crippen LogP contribution >= 0.6 is 15.9 Å². The molecule has 0 fully saturated rings. The summed E-state index contributed by atoms with van der Waals surface area (Å²) < 4.78 is 1.17. The average molecular weight is 299 g/mol. The third-order valence-electron chi connectivity index (χ3n) is 3.73. The van der Waals surface area contributed by atoms with Gasteiger partial charge in [-0.2, -0.15) is 0 Å². The van der Waals surface area contributed by atoms with Crippen LogP contribution in [0.25, 0.3) is 0 Å². The lowest BCUT2D eigenvalue weighted by molar-refractivity contribution is -0.937. The van der Waals surface area contributed by atoms with E-state index in [9.17, 15) is 0 Å². The van der Waals surface area contributed by atoms with E-state index in [4.69, 9.17) is 0 Å². The van der Waals surface area contributed by atoms with Crippen molar-refractivity contribution in [2.75, 3.05) is 19.6 Å². The minimum atomic E-state index is 0.631. The summed E-state index contributed by atoms with van der Waals surface area (Å²) in [6, 6.07) is 10.9. The number of quaternary nitrogens is 1. The maximum Gasteiger partial charge on any atom is 0.104 e. The number of halogens is 1. The summed E-state index contributed by atoms with van der Waals surface area (Å²) in [4.78, 5) is 0.631. The standard InChI is InChI=1S/C15H25BrN/c1-4-15(16)13-17(5-2,6-3)12-14-10-8-7-9-11-14/h7-11,15H,4-6,12-13H2,1-3H3/q+1. The van der Waals surface area contributed by atoms with Gasteiger partial charge < -0.3 is 4.48 Å². The predicted molar refractivity (Wildman–Crippen MR) is 79.4 cm³/mol. The van der Waals surface area contributed by atoms with Crippen molar-refractivity contribution in [3.05, 3.63) is 35.9 Å². The molecular formula is C15H25BrN+. The number of hydrogen-bond acceptors (Lipinski definition) is 0. The second kappa shape index (κ2) is 7.17. The minimum absolute atomic E-state index is 0.631. The van der Waals surface area contributed by atoms with Gasteiger partial charge in [-0.25, -0.2) is 0 Å². The quantitative estimate of drug-likeness (QED) is 0.522. The number of rotatable bonds is 7. The predicted octanol–water partition coefficient (Wildman–Crippen LogP) is 4.22. The van der Waals surface area contributed by atoms with E-state index in [2.05, 4.69) is 67.0 Å². The number of benzene rings is 1. The van der Waals surface area contributed by atoms with Crippen molar-refractivity contribution < 1.29 is 4.48 Å². The fraction of sp³-hybridized carbons (Fsp3) is 0.600. The molecule has 1 aromatic carbocycles. The smallest absolute Gasteiger partial charge is 0.104 e. The van der Waals surface area contributed by atoms with Crippen molar-refractivity contribution in [3.63, 3.8) is 0 Å². The van der Waals surface area contributed by atoms with E-state index in [1.54, 1.807) is 0 Å². The molecule has 0 radical (unpaired) electrons. The molecule has 0 saturated heterocycles. The Balaban J connectivity index is 2.77. The normalized spacial score (nSPS) is 13.6. The van der Waals surface area contributed by atoms with Crippen molar-refractivity contribution in [2.45, 2.75) is 38.6 Å². The molecule has 1 unspecified atom stereocenters. The highest BCUT2D eigenvalue weighted by atomic mass is 79.9. The van der Waals surface area contributed by atoms with Gasteiger partial charge in [0.1, 0.15) is 6.54 Å². The first-order valence-corrected chi connectivity index (χ1v) is 7.60. The Bertz CT molecular complexity index is 306. The second-order valence-electron chi connectivity index (χ2n) is 4.81. The third kappa shape index (κ3) is 4.44. The van der Waals surface area contributed by atoms with Crippen molar-refractivity contribution in [1.82, 2.24) is 0 Å². The van der Waals surface area contributed by atoms with Crippen molar-refractivity contribution in [3.8, 4) is 0 Å². The molecule has 0 bridgehead atoms. The molecule has 1 atom stereocenters. The van der Waals surface area contributed by atoms with Crippen molar-refractivity contribution in [2.24, 2.45) is 0 Å². The summed E-state index contributed by atoms with van der Waals surface area (Å²) in [5, 5.41) is 0. The highest BCUT2D eigenvalue weighted by Gasteiger charge is 2.26. The van der Waals surface area contributed by atoms with Gasteiger partial charge in [-0.3, -0.25) is 0 Å². The van der Waals surface area contributed by atoms with Crippen LogP contribution in [0.4, 0.5) is 0 Å². The van der Waals surface area contributed by atoms with Crippen molar-refractivity contribution >= 4 is 15.9 Å². The maximum atomic E-state index is 3.79. The summed E-state index contributed by atoms with van der Waals surface area (Å²) in [5.74, 6) is 0. The second-order valence-corrected chi connectivity index (χ2v) is 6.10. The molecule has 96 valence electrons. The molecule has 0 aliphatic carbocycles. The largest absolute Gasteiger partial charge is 0.319 e. The molecule has 0 aliphatic rings. The van der Waals surface area contributed by atoms with Crippen LogP contribution in [0.5, 0.6) is 0 Å². The van der Waals surface area contributed by atoms with Crippen LogP contribution in [-0.4, -0.2) is 28.9 Å². The van der Waals surface area contributed by atoms with E-state index in [0.29, 0.717) is 4.83 Å². The molecule has 0 aromatic heterocycles. The van der Waals surface area contributed by atoms with Gasteiger partial charge in [-0.05, 0) is 20.3 Å². The summed E-state index contributed by atoms with van der Waals surface area (Å²) in [7, 11) is 0. The van der Waals surface area contributed by atoms with Gasteiger partial charge in [0.15, 0.2) is 0 Å². The molecule has 0 N–H and O–H groups in total. The fourth-order valence-corrected chi connectivity index (χ4v) is 2.90. The zero-order chi connectivity index (χ0) is 12.7. The van der Waals surface area contributed by atoms with Crippen LogP contribution in [0, 0.1) is 0 Å². The molecular weight excluding hydrogens is 274 g/mol. The summed E-state index contributed by atoms with van der Waals surface area (Å²) in [5.41, 5.74) is 1.45. The molecule has 2 heteroatoms. The van der Waals surface area contributed by atoms with Gasteiger partial charge in [-0.1, -0.05) is 53.2 Å². The number of nitrogens with zero attached hydrogens (tertiary/aromatic N) is 1. The Hall–Kier alpha value is -0.340. The first-order valence-electron chi connectivity index (χ1n) is 6.69. The monoisotopic (exact) mass is 298 g/mol. The van der Waals surface area contributed by atoms with Gasteiger partial charge in [0.2, 0.25) is 0 Å². The van der Waals surface area contributed by atoms with E-state index in [1.807, 2.05) is 0 Å². The van der Waals surface area contributed by atoms with Gasteiger partial charge in [0.05, 0.1) is 24.5 Å². The topological polar surface area (TPSA) is 0 Å². The van der Waals surface area contributed by atoms with E-state index < -0.39 is 0 Å². The molecule has 0 heterocycles. The zero-order valence-corrected chi connectivity index (χ0v) is 12.9. The Morgan fingerprint density at radius 1 is 1.06 bits per heavy atom. The summed E-state index contributed by atoms with van der Waals surface area (Å²) in [6.45, 7) is 11.6. The van der Waals surface area contributed by atoms with E-state index >= 15 is 0 Å². The Kier molecular flexibility index (Phi) is 6.21. The lowest BCUT2D eigenvalue weighted by Crippen LogP contribution is -2.50. The van der Waals surface area contributed by atoms with Crippen LogP contribution < -0.4 is 0 Å². The molecule has 0 saturated carbocycles. The summed E-state index contributed by atoms with van der Waals surface area (Å²) in [6.07, 6.45) is 1.20. The number of alkyl halides is 1. The highest BCUT2D eigenvalue weighted by molar-refractivity contribution is 9.09. The molecule has 0 spiro atoms. The molecule has 17 heavy (non-hydrogen) atoms. The van der Waals surface area contributed by atoms with Gasteiger partial charge in [-0.15, -0.1) is 0 Å². The summed E-state index contributed by atoms with van der Waals surface area (Å²) >= 11 is 3.79. The Morgan fingerprint density at radius 3 is 2.12 bits per heavy atom. The number of hydrogen-bond donors (Lipinski definition) is 0. The van der Waals surface area contributed by atoms with Crippen LogP contribution in [0.1, 0.15) is 32.8 Å². The molecule has 1 rings (SSSR count). The van der Waals surface area contributed by atoms with Crippen LogP contribution in [0.2, 0.25) is 0 Å². The molecule has 1 nitrogen and oxygen atoms in total. The lowest BCUT2D eigenvalue weighted by atomic mass is 10.1. The van der Waals surface area contributed by atoms with E-state index in [1.165, 1.54) is 36.1 Å². The van der Waals surface area contributed by atoms with Crippen molar-refractivity contribution in [1.29, 1.82) is 0 Å². The first-order chi connectivity index (χ1) is 8.15. The Morgan fingerprint density at radius 2 is 1.65 bits per heavy atom. The maximum absolute atomic E-state index is 3.79. The molecule has 1 aromatic rings. The van der Waals surface area contributed by atoms with Gasteiger partial charge in [0, 0.05) is 5.56 Å². The van der Waals surface area contributed by atoms with Crippen LogP contribution in [0.15, 0.2) is 30.3 Å². The molecule has 0 aliphatic heterocycles. The zero-order valence-electron chi connectivity index (χ0n) is 11.3. The van der Waals surface area contributed by atoms with Crippen LogP contribution in [-0.2, 0) is 6.54 Å². The first kappa shape index (κ1) is 14.7. The fourth-order valence-electron chi connectivity index (χ4n) is 2.29. The molecule has 0 amide bonds. The SMILES string of the molecule is CCC(Br)C[N+](CC)(CC)Cc1ccccc1. The lowest BCUT2D eigenvalue weighted by Gasteiger charge is -2.38. The van der Waals surface area contributed by atoms with Crippen LogP contribution in [0.3, 0.4) is 0 Å². The van der Waals surface area contributed by atoms with Gasteiger partial charge >= 0.3 is 0 Å². The van der Waals surface area contributed by atoms with E-state index in [0.717, 1.165) is 6.54 Å². The van der Waals surface area contributed by atoms with E-state index in [-0.39, 0.29) is 0 Å². The highest BCUT2D eigenvalue weighted by Crippen LogP contribution is 2.19. The van der Waals surface area contributed by atoms with Gasteiger partial charge in [0.25, 0.3) is 0 Å². The third-order valence-corrected chi connectivity index (χ3v) is 4.67. The Labute approximate surface area is 115 Å².